The molecule has 3 aromatic rings. The lowest BCUT2D eigenvalue weighted by Crippen LogP contribution is -2.10. The van der Waals surface area contributed by atoms with Gasteiger partial charge >= 0.3 is 0 Å². The number of para-hydroxylation sites is 1. The minimum atomic E-state index is 0.959. The van der Waals surface area contributed by atoms with E-state index in [1.807, 2.05) is 7.05 Å². The molecule has 3 rings (SSSR count). The summed E-state index contributed by atoms with van der Waals surface area (Å²) >= 11 is 0. The van der Waals surface area contributed by atoms with E-state index in [-0.39, 0.29) is 0 Å². The van der Waals surface area contributed by atoms with Gasteiger partial charge in [0.1, 0.15) is 5.82 Å². The van der Waals surface area contributed by atoms with E-state index in [1.54, 1.807) is 0 Å². The fourth-order valence-electron chi connectivity index (χ4n) is 2.53. The van der Waals surface area contributed by atoms with Crippen LogP contribution in [-0.4, -0.2) is 23.6 Å². The van der Waals surface area contributed by atoms with Gasteiger partial charge in [0.05, 0.1) is 11.0 Å². The lowest BCUT2D eigenvalue weighted by Gasteiger charge is -2.06. The number of nitrogens with zero attached hydrogens (tertiary/aromatic N) is 1. The number of H-pyrrole nitrogens is 1. The Labute approximate surface area is 119 Å². The van der Waals surface area contributed by atoms with Gasteiger partial charge in [-0.05, 0) is 44.1 Å². The van der Waals surface area contributed by atoms with E-state index in [2.05, 4.69) is 59.7 Å². The lowest BCUT2D eigenvalue weighted by molar-refractivity contribution is 0.792. The Balaban J connectivity index is 2.08. The van der Waals surface area contributed by atoms with Crippen LogP contribution in [0.5, 0.6) is 0 Å². The molecular formula is C17H19N3. The molecule has 102 valence electrons. The molecule has 0 radical (unpaired) electrons. The summed E-state index contributed by atoms with van der Waals surface area (Å²) in [7, 11) is 1.98. The molecular weight excluding hydrogens is 246 g/mol. The largest absolute Gasteiger partial charge is 0.338 e. The fourth-order valence-corrected chi connectivity index (χ4v) is 2.53. The molecule has 1 heterocycles. The SMILES string of the molecule is CNCCc1ccccc1-c1nc2c(C)cccc2[nH]1. The molecule has 3 heteroatoms. The first kappa shape index (κ1) is 12.9. The molecule has 20 heavy (non-hydrogen) atoms. The van der Waals surface area contributed by atoms with Crippen molar-refractivity contribution < 1.29 is 0 Å². The van der Waals surface area contributed by atoms with Crippen LogP contribution in [0.3, 0.4) is 0 Å². The summed E-state index contributed by atoms with van der Waals surface area (Å²) in [4.78, 5) is 8.21. The summed E-state index contributed by atoms with van der Waals surface area (Å²) < 4.78 is 0. The number of aromatic amines is 1. The Hall–Kier alpha value is -2.13. The highest BCUT2D eigenvalue weighted by Crippen LogP contribution is 2.25. The molecule has 1 aromatic heterocycles. The number of nitrogens with one attached hydrogen (secondary N) is 2. The smallest absolute Gasteiger partial charge is 0.138 e. The second-order valence-corrected chi connectivity index (χ2v) is 5.07. The maximum atomic E-state index is 4.78. The van der Waals surface area contributed by atoms with Gasteiger partial charge in [-0.2, -0.15) is 0 Å². The molecule has 0 aliphatic rings. The highest BCUT2D eigenvalue weighted by atomic mass is 14.9. The van der Waals surface area contributed by atoms with E-state index in [0.29, 0.717) is 0 Å². The van der Waals surface area contributed by atoms with Gasteiger partial charge in [0.25, 0.3) is 0 Å². The summed E-state index contributed by atoms with van der Waals surface area (Å²) in [6, 6.07) is 14.7. The Bertz CT molecular complexity index is 728. The van der Waals surface area contributed by atoms with Crippen LogP contribution in [0.4, 0.5) is 0 Å². The van der Waals surface area contributed by atoms with E-state index in [4.69, 9.17) is 4.98 Å². The van der Waals surface area contributed by atoms with Gasteiger partial charge in [-0.1, -0.05) is 36.4 Å². The minimum Gasteiger partial charge on any atom is -0.338 e. The zero-order valence-electron chi connectivity index (χ0n) is 11.9. The zero-order chi connectivity index (χ0) is 13.9. The first-order valence-corrected chi connectivity index (χ1v) is 6.98. The number of fused-ring (bicyclic) bond motifs is 1. The van der Waals surface area contributed by atoms with Gasteiger partial charge in [-0.3, -0.25) is 0 Å². The predicted molar refractivity (Wildman–Crippen MR) is 83.9 cm³/mol. The normalized spacial score (nSPS) is 11.1. The molecule has 2 N–H and O–H groups in total. The summed E-state index contributed by atoms with van der Waals surface area (Å²) in [6.07, 6.45) is 1.00. The molecule has 0 amide bonds. The number of imidazole rings is 1. The lowest BCUT2D eigenvalue weighted by atomic mass is 10.0. The topological polar surface area (TPSA) is 40.7 Å². The van der Waals surface area contributed by atoms with Gasteiger partial charge in [0.2, 0.25) is 0 Å². The number of rotatable bonds is 4. The molecule has 0 atom stereocenters. The predicted octanol–water partition coefficient (Wildman–Crippen LogP) is 3.30. The molecule has 0 saturated heterocycles. The molecule has 0 unspecified atom stereocenters. The number of benzene rings is 2. The first-order chi connectivity index (χ1) is 9.79. The third-order valence-corrected chi connectivity index (χ3v) is 3.63. The van der Waals surface area contributed by atoms with Crippen molar-refractivity contribution in [3.05, 3.63) is 53.6 Å². The monoisotopic (exact) mass is 265 g/mol. The Morgan fingerprint density at radius 3 is 2.75 bits per heavy atom. The number of aromatic nitrogens is 2. The van der Waals surface area contributed by atoms with Crippen molar-refractivity contribution in [3.63, 3.8) is 0 Å². The van der Waals surface area contributed by atoms with Crippen molar-refractivity contribution >= 4 is 11.0 Å². The summed E-state index contributed by atoms with van der Waals surface area (Å²) in [5.41, 5.74) is 5.88. The highest BCUT2D eigenvalue weighted by Gasteiger charge is 2.10. The number of aryl methyl sites for hydroxylation is 1. The molecule has 3 nitrogen and oxygen atoms in total. The van der Waals surface area contributed by atoms with Crippen LogP contribution in [0.2, 0.25) is 0 Å². The molecule has 0 fully saturated rings. The quantitative estimate of drug-likeness (QED) is 0.760. The number of likely N-dealkylation sites (N-methyl/N-ethyl adjacent to an activating group) is 1. The molecule has 2 aromatic carbocycles. The first-order valence-electron chi connectivity index (χ1n) is 6.98. The van der Waals surface area contributed by atoms with Gasteiger partial charge in [0, 0.05) is 5.56 Å². The Kier molecular flexibility index (Phi) is 3.52. The van der Waals surface area contributed by atoms with Gasteiger partial charge in [-0.15, -0.1) is 0 Å². The van der Waals surface area contributed by atoms with Gasteiger partial charge in [-0.25, -0.2) is 4.98 Å². The van der Waals surface area contributed by atoms with E-state index >= 15 is 0 Å². The molecule has 0 aliphatic carbocycles. The third-order valence-electron chi connectivity index (χ3n) is 3.63. The fraction of sp³-hybridized carbons (Fsp3) is 0.235. The summed E-state index contributed by atoms with van der Waals surface area (Å²) in [5, 5.41) is 3.20. The van der Waals surface area contributed by atoms with Crippen molar-refractivity contribution in [2.75, 3.05) is 13.6 Å². The van der Waals surface area contributed by atoms with Crippen LogP contribution < -0.4 is 5.32 Å². The maximum Gasteiger partial charge on any atom is 0.138 e. The summed E-state index contributed by atoms with van der Waals surface area (Å²) in [5.74, 6) is 0.959. The van der Waals surface area contributed by atoms with Gasteiger partial charge in [0.15, 0.2) is 0 Å². The summed E-state index contributed by atoms with van der Waals surface area (Å²) in [6.45, 7) is 3.07. The highest BCUT2D eigenvalue weighted by molar-refractivity contribution is 5.82. The van der Waals surface area contributed by atoms with E-state index in [9.17, 15) is 0 Å². The average Bonchev–Trinajstić information content (AvgIpc) is 2.91. The average molecular weight is 265 g/mol. The molecule has 0 spiro atoms. The maximum absolute atomic E-state index is 4.78. The van der Waals surface area contributed by atoms with Crippen LogP contribution in [-0.2, 0) is 6.42 Å². The van der Waals surface area contributed by atoms with Gasteiger partial charge < -0.3 is 10.3 Å². The minimum absolute atomic E-state index is 0.959. The van der Waals surface area contributed by atoms with Crippen LogP contribution in [0.1, 0.15) is 11.1 Å². The Morgan fingerprint density at radius 1 is 1.10 bits per heavy atom. The molecule has 0 aliphatic heterocycles. The molecule has 0 saturated carbocycles. The number of hydrogen-bond donors (Lipinski definition) is 2. The second-order valence-electron chi connectivity index (χ2n) is 5.07. The van der Waals surface area contributed by atoms with Crippen LogP contribution in [0, 0.1) is 6.92 Å². The van der Waals surface area contributed by atoms with E-state index in [1.165, 1.54) is 16.7 Å². The van der Waals surface area contributed by atoms with Crippen molar-refractivity contribution in [3.8, 4) is 11.4 Å². The standard InChI is InChI=1S/C17H19N3/c1-12-6-5-9-15-16(12)20-17(19-15)14-8-4-3-7-13(14)10-11-18-2/h3-9,18H,10-11H2,1-2H3,(H,19,20). The Morgan fingerprint density at radius 2 is 1.95 bits per heavy atom. The molecule has 0 bridgehead atoms. The van der Waals surface area contributed by atoms with Crippen LogP contribution >= 0.6 is 0 Å². The van der Waals surface area contributed by atoms with Crippen molar-refractivity contribution in [2.45, 2.75) is 13.3 Å². The van der Waals surface area contributed by atoms with Crippen molar-refractivity contribution in [1.82, 2.24) is 15.3 Å². The van der Waals surface area contributed by atoms with Crippen molar-refractivity contribution in [2.24, 2.45) is 0 Å². The van der Waals surface area contributed by atoms with Crippen molar-refractivity contribution in [1.29, 1.82) is 0 Å². The third kappa shape index (κ3) is 2.32. The van der Waals surface area contributed by atoms with E-state index < -0.39 is 0 Å². The number of hydrogen-bond acceptors (Lipinski definition) is 2. The second kappa shape index (κ2) is 5.47. The van der Waals surface area contributed by atoms with E-state index in [0.717, 1.165) is 29.8 Å². The van der Waals surface area contributed by atoms with Crippen LogP contribution in [0.15, 0.2) is 42.5 Å². The zero-order valence-corrected chi connectivity index (χ0v) is 11.9. The van der Waals surface area contributed by atoms with Crippen LogP contribution in [0.25, 0.3) is 22.4 Å².